The van der Waals surface area contributed by atoms with Crippen molar-refractivity contribution in [2.75, 3.05) is 0 Å². The van der Waals surface area contributed by atoms with Crippen LogP contribution in [0.5, 0.6) is 0 Å². The van der Waals surface area contributed by atoms with Gasteiger partial charge in [0.2, 0.25) is 0 Å². The summed E-state index contributed by atoms with van der Waals surface area (Å²) in [6, 6.07) is 0. The van der Waals surface area contributed by atoms with E-state index in [1.165, 1.54) is 0 Å². The van der Waals surface area contributed by atoms with Crippen molar-refractivity contribution >= 4 is 99.3 Å². The number of hydrogen-bond acceptors (Lipinski definition) is 0. The minimum Gasteiger partial charge on any atom is 0 e. The fourth-order valence-corrected chi connectivity index (χ4v) is 0. The standard InChI is InChI=1S/Bi.Ce.Ga.GeH4.In.Nd.H3P.9H/h;;;1H4;;;1H3;;;;;;;;;. The zero-order valence-corrected chi connectivity index (χ0v) is 15.7. The summed E-state index contributed by atoms with van der Waals surface area (Å²) in [5.41, 5.74) is 0. The topological polar surface area (TPSA) is 0 Å². The molecule has 44 valence electrons. The van der Waals surface area contributed by atoms with E-state index >= 15 is 0 Å². The molecule has 0 nitrogen and oxygen atoms in total. The zero-order valence-electron chi connectivity index (χ0n) is 2.41. The summed E-state index contributed by atoms with van der Waals surface area (Å²) in [4.78, 5) is 0. The first-order chi connectivity index (χ1) is 0. The largest absolute Gasteiger partial charge is 0 e. The Bertz CT molecular complexity index is 19.7. The van der Waals surface area contributed by atoms with E-state index in [1.807, 2.05) is 0 Å². The van der Waals surface area contributed by atoms with Crippen molar-refractivity contribution in [2.45, 2.75) is 0 Å². The summed E-state index contributed by atoms with van der Waals surface area (Å²) in [5.74, 6) is 0. The van der Waals surface area contributed by atoms with Gasteiger partial charge in [0, 0.05) is 82.6 Å². The van der Waals surface area contributed by atoms with Gasteiger partial charge < -0.3 is 0 Å². The van der Waals surface area contributed by atoms with Crippen molar-refractivity contribution in [1.82, 2.24) is 0 Å². The van der Waals surface area contributed by atoms with E-state index in [9.17, 15) is 0 Å². The Morgan fingerprint density at radius 2 is 1.00 bits per heavy atom. The van der Waals surface area contributed by atoms with Gasteiger partial charge in [-0.3, -0.25) is 0 Å². The monoisotopic (exact) mass is 796 g/mol. The second-order valence-corrected chi connectivity index (χ2v) is 0. The molecular weight excluding hydrogens is 781 g/mol. The van der Waals surface area contributed by atoms with Crippen molar-refractivity contribution < 1.29 is 82.6 Å². The average molecular weight is 798 g/mol. The summed E-state index contributed by atoms with van der Waals surface area (Å²) in [7, 11) is 0. The van der Waals surface area contributed by atoms with E-state index in [0.29, 0.717) is 0 Å². The van der Waals surface area contributed by atoms with Gasteiger partial charge in [-0.25, -0.2) is 0 Å². The summed E-state index contributed by atoms with van der Waals surface area (Å²) in [5, 5.41) is 0. The summed E-state index contributed by atoms with van der Waals surface area (Å²) in [6.07, 6.45) is 0. The molecule has 0 aromatic carbocycles. The van der Waals surface area contributed by atoms with Gasteiger partial charge in [-0.2, -0.15) is 9.90 Å². The Morgan fingerprint density at radius 3 is 1.00 bits per heavy atom. The van der Waals surface area contributed by atoms with E-state index in [-0.39, 0.29) is 182 Å². The third-order valence-electron chi connectivity index (χ3n) is 0. The molecule has 7 heteroatoms. The van der Waals surface area contributed by atoms with E-state index in [2.05, 4.69) is 0 Å². The molecule has 0 amide bonds. The van der Waals surface area contributed by atoms with Crippen LogP contribution in [-0.4, -0.2) is 89.4 Å². The first-order valence-electron chi connectivity index (χ1n) is 0. The Balaban J connectivity index is 0. The van der Waals surface area contributed by atoms with Crippen LogP contribution in [0.3, 0.4) is 0 Å². The van der Waals surface area contributed by atoms with Gasteiger partial charge >= 0.3 is 89.4 Å². The summed E-state index contributed by atoms with van der Waals surface area (Å²) < 4.78 is 0. The van der Waals surface area contributed by atoms with Gasteiger partial charge in [0.1, 0.15) is 0 Å². The van der Waals surface area contributed by atoms with Crippen molar-refractivity contribution in [3.63, 3.8) is 0 Å². The molecule has 0 heterocycles. The van der Waals surface area contributed by atoms with Crippen LogP contribution in [0.4, 0.5) is 0 Å². The molecule has 0 saturated heterocycles. The molecule has 0 radical (unpaired) electrons. The predicted molar refractivity (Wildman–Crippen MR) is 52.3 cm³/mol. The summed E-state index contributed by atoms with van der Waals surface area (Å²) >= 11 is 0. The van der Waals surface area contributed by atoms with E-state index in [0.717, 1.165) is 0 Å². The SMILES string of the molecule is P.[BiH3].[Ce].[GaH3].[GeH4].[InH3].[Nd]. The molecule has 0 aliphatic heterocycles. The molecule has 0 spiro atoms. The van der Waals surface area contributed by atoms with E-state index < -0.39 is 0 Å². The Hall–Kier alpha value is 6.09. The molecule has 0 fully saturated rings. The Labute approximate surface area is 176 Å². The minimum absolute atomic E-state index is 0. The quantitative estimate of drug-likeness (QED) is 0.171. The fraction of sp³-hybridized carbons (Fsp3) is 0. The molecular formula is H16BiCeGaGeInNdP. The second-order valence-electron chi connectivity index (χ2n) is 0. The zero-order chi connectivity index (χ0) is 0. The fourth-order valence-electron chi connectivity index (χ4n) is 0. The van der Waals surface area contributed by atoms with Crippen LogP contribution in [0.25, 0.3) is 0 Å². The molecule has 0 bridgehead atoms. The third kappa shape index (κ3) is 33.2. The smallest absolute Gasteiger partial charge is 0 e. The maximum absolute atomic E-state index is 0. The average Bonchev–Trinajstić information content (AvgIpc) is 0. The van der Waals surface area contributed by atoms with E-state index in [1.54, 1.807) is 0 Å². The minimum atomic E-state index is 0. The normalized spacial score (nSPS) is 0. The molecule has 7 heavy (non-hydrogen) atoms. The molecule has 1 unspecified atom stereocenters. The van der Waals surface area contributed by atoms with Gasteiger partial charge in [0.15, 0.2) is 0 Å². The number of hydrogen-bond donors (Lipinski definition) is 0. The van der Waals surface area contributed by atoms with Gasteiger partial charge in [-0.1, -0.05) is 0 Å². The molecule has 0 aliphatic carbocycles. The Morgan fingerprint density at radius 1 is 1.00 bits per heavy atom. The van der Waals surface area contributed by atoms with Crippen LogP contribution in [-0.2, 0) is 0 Å². The van der Waals surface area contributed by atoms with Crippen LogP contribution in [0, 0.1) is 82.6 Å². The molecule has 0 aromatic heterocycles. The van der Waals surface area contributed by atoms with Crippen molar-refractivity contribution in [3.05, 3.63) is 0 Å². The second kappa shape index (κ2) is 40.1. The van der Waals surface area contributed by atoms with Crippen LogP contribution < -0.4 is 0 Å². The predicted octanol–water partition coefficient (Wildman–Crippen LogP) is -4.95. The van der Waals surface area contributed by atoms with Crippen molar-refractivity contribution in [3.8, 4) is 0 Å². The van der Waals surface area contributed by atoms with Gasteiger partial charge in [-0.15, -0.1) is 0 Å². The Kier molecular flexibility index (Phi) is 295. The van der Waals surface area contributed by atoms with Crippen molar-refractivity contribution in [1.29, 1.82) is 0 Å². The maximum Gasteiger partial charge on any atom is 0 e. The van der Waals surface area contributed by atoms with Crippen LogP contribution >= 0.6 is 9.90 Å². The maximum atomic E-state index is 0. The van der Waals surface area contributed by atoms with Crippen LogP contribution in [0.1, 0.15) is 0 Å². The van der Waals surface area contributed by atoms with Gasteiger partial charge in [0.05, 0.1) is 0 Å². The molecule has 0 N–H and O–H groups in total. The third-order valence-corrected chi connectivity index (χ3v) is 0. The first kappa shape index (κ1) is 51.6. The van der Waals surface area contributed by atoms with Crippen molar-refractivity contribution in [2.24, 2.45) is 0 Å². The van der Waals surface area contributed by atoms with Crippen LogP contribution in [0.2, 0.25) is 0 Å². The van der Waals surface area contributed by atoms with Gasteiger partial charge in [-0.05, 0) is 0 Å². The van der Waals surface area contributed by atoms with Gasteiger partial charge in [0.25, 0.3) is 0 Å². The molecule has 0 rings (SSSR count). The molecule has 0 aromatic rings. The molecule has 1 atom stereocenters. The summed E-state index contributed by atoms with van der Waals surface area (Å²) in [6.45, 7) is 0. The number of rotatable bonds is 0. The van der Waals surface area contributed by atoms with E-state index in [4.69, 9.17) is 0 Å². The van der Waals surface area contributed by atoms with Crippen LogP contribution in [0.15, 0.2) is 0 Å². The molecule has 0 aliphatic rings. The first-order valence-corrected chi connectivity index (χ1v) is 0. The molecule has 0 saturated carbocycles.